The number of amides is 3. The Hall–Kier alpha value is -4.34. The number of fused-ring (bicyclic) bond motifs is 2. The second-order valence-corrected chi connectivity index (χ2v) is 13.3. The molecule has 2 atom stereocenters. The van der Waals surface area contributed by atoms with Crippen molar-refractivity contribution in [3.63, 3.8) is 0 Å². The van der Waals surface area contributed by atoms with E-state index in [1.54, 1.807) is 60.3 Å². The van der Waals surface area contributed by atoms with Crippen molar-refractivity contribution in [3.05, 3.63) is 108 Å². The normalized spacial score (nSPS) is 20.8. The third-order valence-corrected chi connectivity index (χ3v) is 9.83. The van der Waals surface area contributed by atoms with E-state index in [0.29, 0.717) is 5.39 Å². The van der Waals surface area contributed by atoms with Crippen LogP contribution in [0.1, 0.15) is 10.5 Å². The number of likely N-dealkylation sites (N-methyl/N-ethyl adjacent to an activating group) is 1. The number of rotatable bonds is 5. The fourth-order valence-corrected chi connectivity index (χ4v) is 7.59. The summed E-state index contributed by atoms with van der Waals surface area (Å²) in [4.78, 5) is 25.8. The summed E-state index contributed by atoms with van der Waals surface area (Å²) in [6.45, 7) is 0. The zero-order valence-corrected chi connectivity index (χ0v) is 23.8. The minimum atomic E-state index is -4.92. The summed E-state index contributed by atoms with van der Waals surface area (Å²) in [7, 11) is -6.53. The molecule has 2 unspecified atom stereocenters. The van der Waals surface area contributed by atoms with Crippen LogP contribution >= 0.6 is 0 Å². The highest BCUT2D eigenvalue weighted by molar-refractivity contribution is 7.87. The largest absolute Gasteiger partial charge is 0.372 e. The Bertz CT molecular complexity index is 2060. The predicted molar refractivity (Wildman–Crippen MR) is 154 cm³/mol. The molecule has 0 saturated carbocycles. The van der Waals surface area contributed by atoms with E-state index < -0.39 is 52.5 Å². The molecule has 2 heterocycles. The lowest BCUT2D eigenvalue weighted by atomic mass is 9.84. The SMILES string of the molecule is Cn1cccc1C(=O)[N+](C)(C1=C2C=CC3(C=C2C(S(=O)(=O)O)C=C1)NC(=O)N3)c1ccc2ccccc2c1S(=O)(=O)O. The monoisotopic (exact) mass is 609 g/mol. The van der Waals surface area contributed by atoms with Crippen LogP contribution in [0.3, 0.4) is 0 Å². The van der Waals surface area contributed by atoms with Crippen LogP contribution < -0.4 is 15.1 Å². The maximum Gasteiger partial charge on any atom is 0.372 e. The molecule has 6 rings (SSSR count). The van der Waals surface area contributed by atoms with Gasteiger partial charge in [-0.25, -0.2) is 9.59 Å². The number of quaternary nitrogens is 1. The van der Waals surface area contributed by atoms with Crippen LogP contribution in [0.25, 0.3) is 10.8 Å². The van der Waals surface area contributed by atoms with Crippen molar-refractivity contribution >= 4 is 48.6 Å². The average Bonchev–Trinajstić information content (AvgIpc) is 3.34. The van der Waals surface area contributed by atoms with Crippen molar-refractivity contribution in [1.82, 2.24) is 19.7 Å². The van der Waals surface area contributed by atoms with Crippen molar-refractivity contribution in [2.75, 3.05) is 7.05 Å². The van der Waals surface area contributed by atoms with Crippen LogP contribution in [0.15, 0.2) is 107 Å². The Balaban J connectivity index is 1.71. The van der Waals surface area contributed by atoms with E-state index in [4.69, 9.17) is 0 Å². The number of nitrogens with one attached hydrogen (secondary N) is 2. The van der Waals surface area contributed by atoms with E-state index in [9.17, 15) is 35.5 Å². The number of carbonyl (C=O) groups is 2. The van der Waals surface area contributed by atoms with Crippen LogP contribution in [-0.4, -0.2) is 60.4 Å². The lowest BCUT2D eigenvalue weighted by Crippen LogP contribution is -2.72. The summed E-state index contributed by atoms with van der Waals surface area (Å²) in [5, 5.41) is 4.38. The highest BCUT2D eigenvalue weighted by Crippen LogP contribution is 2.45. The molecule has 2 aliphatic carbocycles. The zero-order valence-electron chi connectivity index (χ0n) is 22.2. The number of nitrogens with zero attached hydrogens (tertiary/aromatic N) is 2. The molecule has 3 amide bonds. The molecular formula is C28H25N4O8S2+. The molecule has 0 radical (unpaired) electrons. The molecule has 2 aromatic carbocycles. The van der Waals surface area contributed by atoms with Crippen LogP contribution in [0.4, 0.5) is 10.5 Å². The van der Waals surface area contributed by atoms with Crippen molar-refractivity contribution in [3.8, 4) is 0 Å². The van der Waals surface area contributed by atoms with Gasteiger partial charge in [-0.05, 0) is 53.5 Å². The van der Waals surface area contributed by atoms with Gasteiger partial charge >= 0.3 is 22.1 Å². The summed E-state index contributed by atoms with van der Waals surface area (Å²) >= 11 is 0. The Morgan fingerprint density at radius 1 is 1.00 bits per heavy atom. The summed E-state index contributed by atoms with van der Waals surface area (Å²) in [6, 6.07) is 12.3. The number of urea groups is 1. The van der Waals surface area contributed by atoms with Crippen LogP contribution in [0, 0.1) is 0 Å². The van der Waals surface area contributed by atoms with Gasteiger partial charge in [0.15, 0.2) is 21.9 Å². The first kappa shape index (κ1) is 27.8. The first-order valence-corrected chi connectivity index (χ1v) is 15.5. The Labute approximate surface area is 241 Å². The molecule has 4 N–H and O–H groups in total. The first-order chi connectivity index (χ1) is 19.7. The molecule has 1 saturated heterocycles. The van der Waals surface area contributed by atoms with E-state index in [1.165, 1.54) is 43.5 Å². The molecule has 1 aliphatic heterocycles. The van der Waals surface area contributed by atoms with Gasteiger partial charge in [0, 0.05) is 30.3 Å². The van der Waals surface area contributed by atoms with E-state index in [1.807, 2.05) is 0 Å². The van der Waals surface area contributed by atoms with Crippen LogP contribution in [0.5, 0.6) is 0 Å². The van der Waals surface area contributed by atoms with Crippen LogP contribution in [-0.2, 0) is 27.3 Å². The van der Waals surface area contributed by atoms with Crippen LogP contribution in [0.2, 0.25) is 0 Å². The molecule has 0 bridgehead atoms. The smallest absolute Gasteiger partial charge is 0.343 e. The third-order valence-electron chi connectivity index (χ3n) is 7.83. The number of carbonyl (C=O) groups excluding carboxylic acids is 2. The molecule has 1 aromatic heterocycles. The lowest BCUT2D eigenvalue weighted by Gasteiger charge is -2.43. The Morgan fingerprint density at radius 2 is 1.71 bits per heavy atom. The molecular weight excluding hydrogens is 584 g/mol. The van der Waals surface area contributed by atoms with Gasteiger partial charge in [0.25, 0.3) is 10.1 Å². The van der Waals surface area contributed by atoms with Gasteiger partial charge in [0.05, 0.1) is 7.05 Å². The molecule has 1 spiro atoms. The van der Waals surface area contributed by atoms with Gasteiger partial charge in [0.2, 0.25) is 0 Å². The average molecular weight is 610 g/mol. The third kappa shape index (κ3) is 4.15. The second-order valence-electron chi connectivity index (χ2n) is 10.4. The minimum Gasteiger partial charge on any atom is -0.343 e. The maximum atomic E-state index is 14.6. The van der Waals surface area contributed by atoms with Gasteiger partial charge in [-0.15, -0.1) is 0 Å². The van der Waals surface area contributed by atoms with Gasteiger partial charge in [-0.2, -0.15) is 21.3 Å². The maximum absolute atomic E-state index is 14.6. The quantitative estimate of drug-likeness (QED) is 0.253. The van der Waals surface area contributed by atoms with Crippen molar-refractivity contribution in [2.24, 2.45) is 7.05 Å². The minimum absolute atomic E-state index is 0.0585. The van der Waals surface area contributed by atoms with E-state index in [2.05, 4.69) is 10.6 Å². The summed E-state index contributed by atoms with van der Waals surface area (Å²) in [6.07, 6.45) is 8.66. The standard InChI is InChI=1S/C28H24N4O8S2/c1-31-15-5-8-21(31)26(33)32(2,23-10-9-17-6-3-4-7-18(17)25(23)42(38,39)40)22-11-12-24(41(35,36)37)20-16-28(14-13-19(20)22)29-27(34)30-28/h3-16,24H,1-2H3,(H3-,29,30,34,35,36,37,38,39,40)/p+1. The van der Waals surface area contributed by atoms with E-state index >= 15 is 0 Å². The van der Waals surface area contributed by atoms with Crippen molar-refractivity contribution in [2.45, 2.75) is 15.8 Å². The summed E-state index contributed by atoms with van der Waals surface area (Å²) in [5.41, 5.74) is -0.702. The van der Waals surface area contributed by atoms with Crippen molar-refractivity contribution < 1.29 is 35.5 Å². The van der Waals surface area contributed by atoms with Gasteiger partial charge in [-0.1, -0.05) is 30.3 Å². The molecule has 42 heavy (non-hydrogen) atoms. The fraction of sp³-hybridized carbons (Fsp3) is 0.143. The van der Waals surface area contributed by atoms with E-state index in [-0.39, 0.29) is 33.6 Å². The number of aryl methyl sites for hydroxylation is 1. The van der Waals surface area contributed by atoms with Gasteiger partial charge < -0.3 is 15.2 Å². The van der Waals surface area contributed by atoms with E-state index in [0.717, 1.165) is 0 Å². The molecule has 3 aliphatic rings. The summed E-state index contributed by atoms with van der Waals surface area (Å²) in [5.74, 6) is -0.594. The van der Waals surface area contributed by atoms with Gasteiger partial charge in [-0.3, -0.25) is 9.11 Å². The molecule has 14 heteroatoms. The Morgan fingerprint density at radius 3 is 2.33 bits per heavy atom. The molecule has 1 fully saturated rings. The predicted octanol–water partition coefficient (Wildman–Crippen LogP) is 2.79. The number of benzene rings is 2. The molecule has 12 nitrogen and oxygen atoms in total. The summed E-state index contributed by atoms with van der Waals surface area (Å²) < 4.78 is 72.3. The first-order valence-electron chi connectivity index (χ1n) is 12.6. The topological polar surface area (TPSA) is 172 Å². The second kappa shape index (κ2) is 9.08. The zero-order chi connectivity index (χ0) is 30.2. The highest BCUT2D eigenvalue weighted by Gasteiger charge is 2.50. The lowest BCUT2D eigenvalue weighted by molar-refractivity contribution is 0.0832. The highest BCUT2D eigenvalue weighted by atomic mass is 32.2. The number of hydrogen-bond donors (Lipinski definition) is 4. The molecule has 3 aromatic rings. The number of allylic oxidation sites excluding steroid dienone is 3. The molecule has 216 valence electrons. The Kier molecular flexibility index (Phi) is 6.01. The fourth-order valence-electron chi connectivity index (χ4n) is 5.82. The number of hydrogen-bond acceptors (Lipinski definition) is 6. The van der Waals surface area contributed by atoms with Crippen molar-refractivity contribution in [1.29, 1.82) is 0 Å². The van der Waals surface area contributed by atoms with Gasteiger partial charge in [0.1, 0.15) is 10.9 Å². The number of aromatic nitrogens is 1.